The Labute approximate surface area is 199 Å². The van der Waals surface area contributed by atoms with Gasteiger partial charge in [0, 0.05) is 5.39 Å². The smallest absolute Gasteiger partial charge is 0.166 e. The van der Waals surface area contributed by atoms with Crippen molar-refractivity contribution in [3.05, 3.63) is 71.8 Å². The van der Waals surface area contributed by atoms with Crippen LogP contribution in [-0.4, -0.2) is 0 Å². The van der Waals surface area contributed by atoms with Crippen LogP contribution < -0.4 is 0 Å². The van der Waals surface area contributed by atoms with Crippen molar-refractivity contribution in [3.63, 3.8) is 0 Å². The molecule has 0 spiro atoms. The highest BCUT2D eigenvalue weighted by molar-refractivity contribution is 5.85. The third-order valence-electron chi connectivity index (χ3n) is 8.75. The van der Waals surface area contributed by atoms with E-state index in [0.29, 0.717) is 29.7 Å². The fraction of sp³-hybridized carbons (Fsp3) is 0.548. The van der Waals surface area contributed by atoms with E-state index >= 15 is 0 Å². The Bertz CT molecular complexity index is 972. The van der Waals surface area contributed by atoms with Gasteiger partial charge in [0.1, 0.15) is 0 Å². The highest BCUT2D eigenvalue weighted by Crippen LogP contribution is 2.45. The maximum absolute atomic E-state index is 14.9. The van der Waals surface area contributed by atoms with Crippen LogP contribution in [0, 0.1) is 35.3 Å². The molecule has 2 heteroatoms. The average molecular weight is 451 g/mol. The number of allylic oxidation sites excluding steroid dienone is 3. The van der Waals surface area contributed by atoms with E-state index in [9.17, 15) is 8.78 Å². The molecule has 33 heavy (non-hydrogen) atoms. The van der Waals surface area contributed by atoms with Crippen LogP contribution in [0.1, 0.15) is 88.7 Å². The fourth-order valence-electron chi connectivity index (χ4n) is 6.59. The van der Waals surface area contributed by atoms with Crippen LogP contribution in [-0.2, 0) is 6.42 Å². The second-order valence-corrected chi connectivity index (χ2v) is 10.6. The summed E-state index contributed by atoms with van der Waals surface area (Å²) >= 11 is 0. The Morgan fingerprint density at radius 1 is 0.939 bits per heavy atom. The van der Waals surface area contributed by atoms with Crippen molar-refractivity contribution >= 4 is 10.8 Å². The third kappa shape index (κ3) is 5.42. The first-order valence-corrected chi connectivity index (χ1v) is 13.2. The zero-order chi connectivity index (χ0) is 23.4. The summed E-state index contributed by atoms with van der Waals surface area (Å²) in [7, 11) is 0. The van der Waals surface area contributed by atoms with Gasteiger partial charge in [0.15, 0.2) is 11.6 Å². The van der Waals surface area contributed by atoms with Crippen molar-refractivity contribution in [1.29, 1.82) is 0 Å². The number of aryl methyl sites for hydroxylation is 1. The molecule has 0 heterocycles. The molecular weight excluding hydrogens is 410 g/mol. The van der Waals surface area contributed by atoms with E-state index in [0.717, 1.165) is 41.9 Å². The Hall–Kier alpha value is -1.96. The molecule has 1 unspecified atom stereocenters. The number of fused-ring (bicyclic) bond motifs is 1. The van der Waals surface area contributed by atoms with Gasteiger partial charge in [-0.05, 0) is 129 Å². The minimum absolute atomic E-state index is 0.431. The van der Waals surface area contributed by atoms with Crippen molar-refractivity contribution < 1.29 is 8.78 Å². The third-order valence-corrected chi connectivity index (χ3v) is 8.75. The molecule has 2 aliphatic carbocycles. The lowest BCUT2D eigenvalue weighted by Gasteiger charge is -2.39. The van der Waals surface area contributed by atoms with E-state index < -0.39 is 11.6 Å². The maximum Gasteiger partial charge on any atom is 0.166 e. The van der Waals surface area contributed by atoms with Gasteiger partial charge in [-0.1, -0.05) is 37.3 Å². The van der Waals surface area contributed by atoms with Crippen molar-refractivity contribution in [3.8, 4) is 0 Å². The summed E-state index contributed by atoms with van der Waals surface area (Å²) in [6.07, 6.45) is 17.8. The molecule has 2 saturated carbocycles. The zero-order valence-corrected chi connectivity index (χ0v) is 20.5. The van der Waals surface area contributed by atoms with E-state index in [1.807, 2.05) is 18.2 Å². The summed E-state index contributed by atoms with van der Waals surface area (Å²) in [5.74, 6) is 2.37. The summed E-state index contributed by atoms with van der Waals surface area (Å²) < 4.78 is 29.5. The predicted octanol–water partition coefficient (Wildman–Crippen LogP) is 9.53. The number of hydrogen-bond donors (Lipinski definition) is 0. The van der Waals surface area contributed by atoms with Crippen LogP contribution in [0.2, 0.25) is 0 Å². The number of hydrogen-bond acceptors (Lipinski definition) is 0. The molecular formula is C31H40F2. The molecule has 0 radical (unpaired) electrons. The lowest BCUT2D eigenvalue weighted by atomic mass is 9.67. The van der Waals surface area contributed by atoms with Gasteiger partial charge in [-0.3, -0.25) is 0 Å². The number of rotatable bonds is 7. The quantitative estimate of drug-likeness (QED) is 0.368. The average Bonchev–Trinajstić information content (AvgIpc) is 2.85. The van der Waals surface area contributed by atoms with E-state index in [2.05, 4.69) is 38.6 Å². The van der Waals surface area contributed by atoms with E-state index in [4.69, 9.17) is 0 Å². The first-order chi connectivity index (χ1) is 16.0. The van der Waals surface area contributed by atoms with Gasteiger partial charge < -0.3 is 0 Å². The van der Waals surface area contributed by atoms with E-state index in [1.54, 1.807) is 6.08 Å². The lowest BCUT2D eigenvalue weighted by molar-refractivity contribution is 0.142. The molecule has 2 aliphatic rings. The second-order valence-electron chi connectivity index (χ2n) is 10.6. The van der Waals surface area contributed by atoms with Crippen LogP contribution in [0.15, 0.2) is 49.1 Å². The predicted molar refractivity (Wildman–Crippen MR) is 137 cm³/mol. The molecule has 4 rings (SSSR count). The van der Waals surface area contributed by atoms with Gasteiger partial charge in [-0.25, -0.2) is 8.78 Å². The molecule has 0 aromatic heterocycles. The Balaban J connectivity index is 1.39. The maximum atomic E-state index is 14.9. The lowest BCUT2D eigenvalue weighted by Crippen LogP contribution is -2.27. The van der Waals surface area contributed by atoms with Crippen LogP contribution in [0.3, 0.4) is 0 Å². The minimum atomic E-state index is -0.691. The SMILES string of the molecule is C=CCCc1cc2ccc(C3CCC(C(C)C4CCC(/C=C/C)CC4)CC3)cc2c(F)c1F. The molecule has 1 atom stereocenters. The molecule has 0 N–H and O–H groups in total. The van der Waals surface area contributed by atoms with Gasteiger partial charge >= 0.3 is 0 Å². The molecule has 2 aromatic rings. The van der Waals surface area contributed by atoms with Crippen LogP contribution in [0.25, 0.3) is 10.8 Å². The minimum Gasteiger partial charge on any atom is -0.203 e. The van der Waals surface area contributed by atoms with E-state index in [1.165, 1.54) is 44.1 Å². The summed E-state index contributed by atoms with van der Waals surface area (Å²) in [4.78, 5) is 0. The normalized spacial score (nSPS) is 27.2. The standard InChI is InChI=1S/C31H40F2/c1-4-6-8-28-19-27-18-17-26(20-29(27)31(33)30(28)32)25-15-13-24(14-16-25)21(3)23-11-9-22(7-5-2)10-12-23/h4-5,7,17-25H,1,6,8-16H2,2-3H3/b7-5+. The van der Waals surface area contributed by atoms with Gasteiger partial charge in [-0.15, -0.1) is 6.58 Å². The van der Waals surface area contributed by atoms with Gasteiger partial charge in [0.05, 0.1) is 0 Å². The molecule has 178 valence electrons. The Morgan fingerprint density at radius 3 is 2.24 bits per heavy atom. The highest BCUT2D eigenvalue weighted by atomic mass is 19.2. The van der Waals surface area contributed by atoms with Crippen molar-refractivity contribution in [1.82, 2.24) is 0 Å². The largest absolute Gasteiger partial charge is 0.203 e. The van der Waals surface area contributed by atoms with Gasteiger partial charge in [0.25, 0.3) is 0 Å². The van der Waals surface area contributed by atoms with Crippen LogP contribution in [0.5, 0.6) is 0 Å². The summed E-state index contributed by atoms with van der Waals surface area (Å²) in [6, 6.07) is 7.86. The first-order valence-electron chi connectivity index (χ1n) is 13.2. The Morgan fingerprint density at radius 2 is 1.61 bits per heavy atom. The topological polar surface area (TPSA) is 0 Å². The summed E-state index contributed by atoms with van der Waals surface area (Å²) in [5, 5.41) is 1.23. The number of halogens is 2. The Kier molecular flexibility index (Phi) is 8.04. The second kappa shape index (κ2) is 11.0. The van der Waals surface area contributed by atoms with Gasteiger partial charge in [0.2, 0.25) is 0 Å². The van der Waals surface area contributed by atoms with Gasteiger partial charge in [-0.2, -0.15) is 0 Å². The van der Waals surface area contributed by atoms with Crippen LogP contribution in [0.4, 0.5) is 8.78 Å². The van der Waals surface area contributed by atoms with Crippen molar-refractivity contribution in [2.24, 2.45) is 23.7 Å². The molecule has 0 amide bonds. The fourth-order valence-corrected chi connectivity index (χ4v) is 6.59. The van der Waals surface area contributed by atoms with Crippen LogP contribution >= 0.6 is 0 Å². The molecule has 0 saturated heterocycles. The number of benzene rings is 2. The van der Waals surface area contributed by atoms with Crippen molar-refractivity contribution in [2.45, 2.75) is 84.0 Å². The summed E-state index contributed by atoms with van der Waals surface area (Å²) in [6.45, 7) is 8.31. The summed E-state index contributed by atoms with van der Waals surface area (Å²) in [5.41, 5.74) is 1.62. The molecule has 0 nitrogen and oxygen atoms in total. The van der Waals surface area contributed by atoms with Crippen molar-refractivity contribution in [2.75, 3.05) is 0 Å². The van der Waals surface area contributed by atoms with E-state index in [-0.39, 0.29) is 0 Å². The molecule has 2 aromatic carbocycles. The monoisotopic (exact) mass is 450 g/mol. The zero-order valence-electron chi connectivity index (χ0n) is 20.5. The molecule has 0 aliphatic heterocycles. The first kappa shape index (κ1) is 24.2. The molecule has 2 fully saturated rings. The molecule has 0 bridgehead atoms. The highest BCUT2D eigenvalue weighted by Gasteiger charge is 2.32.